The van der Waals surface area contributed by atoms with Crippen LogP contribution in [0.25, 0.3) is 0 Å². The van der Waals surface area contributed by atoms with Gasteiger partial charge in [0.2, 0.25) is 0 Å². The second-order valence-electron chi connectivity index (χ2n) is 4.19. The zero-order valence-electron chi connectivity index (χ0n) is 9.49. The fraction of sp³-hybridized carbons (Fsp3) is 0.500. The number of rotatable bonds is 4. The summed E-state index contributed by atoms with van der Waals surface area (Å²) < 4.78 is 0. The molecule has 0 fully saturated rings. The molecule has 1 N–H and O–H groups in total. The van der Waals surface area contributed by atoms with Gasteiger partial charge in [0.05, 0.1) is 0 Å². The molecule has 1 aromatic heterocycles. The Balaban J connectivity index is 2.60. The Hall–Kier alpha value is -1.56. The van der Waals surface area contributed by atoms with Gasteiger partial charge in [0.1, 0.15) is 17.6 Å². The molecule has 1 rings (SSSR count). The molecule has 0 aromatic carbocycles. The van der Waals surface area contributed by atoms with Gasteiger partial charge in [-0.25, -0.2) is 4.98 Å². The Morgan fingerprint density at radius 1 is 1.40 bits per heavy atom. The molecule has 0 bridgehead atoms. The largest absolute Gasteiger partial charge is 0.368 e. The van der Waals surface area contributed by atoms with E-state index >= 15 is 0 Å². The Morgan fingerprint density at radius 3 is 2.73 bits per heavy atom. The SMILES string of the molecule is CC(C)CC(C)Nc1cccc(C#N)n1. The van der Waals surface area contributed by atoms with E-state index in [1.165, 1.54) is 0 Å². The van der Waals surface area contributed by atoms with Crippen molar-refractivity contribution in [3.63, 3.8) is 0 Å². The van der Waals surface area contributed by atoms with E-state index in [0.29, 0.717) is 17.7 Å². The summed E-state index contributed by atoms with van der Waals surface area (Å²) in [5, 5.41) is 12.0. The molecule has 3 heteroatoms. The first kappa shape index (κ1) is 11.5. The van der Waals surface area contributed by atoms with E-state index in [1.54, 1.807) is 6.07 Å². The second kappa shape index (κ2) is 5.35. The van der Waals surface area contributed by atoms with E-state index in [2.05, 4.69) is 31.1 Å². The molecule has 1 atom stereocenters. The second-order valence-corrected chi connectivity index (χ2v) is 4.19. The highest BCUT2D eigenvalue weighted by Crippen LogP contribution is 2.10. The summed E-state index contributed by atoms with van der Waals surface area (Å²) in [6, 6.07) is 7.85. The highest BCUT2D eigenvalue weighted by Gasteiger charge is 2.05. The third kappa shape index (κ3) is 3.99. The Kier molecular flexibility index (Phi) is 4.11. The average Bonchev–Trinajstić information content (AvgIpc) is 2.16. The van der Waals surface area contributed by atoms with E-state index in [0.717, 1.165) is 12.2 Å². The predicted octanol–water partition coefficient (Wildman–Crippen LogP) is 2.80. The van der Waals surface area contributed by atoms with Crippen LogP contribution in [0.15, 0.2) is 18.2 Å². The zero-order chi connectivity index (χ0) is 11.3. The van der Waals surface area contributed by atoms with Crippen LogP contribution < -0.4 is 5.32 Å². The standard InChI is InChI=1S/C12H17N3/c1-9(2)7-10(3)14-12-6-4-5-11(8-13)15-12/h4-6,9-10H,7H2,1-3H3,(H,14,15). The van der Waals surface area contributed by atoms with Crippen LogP contribution in [-0.4, -0.2) is 11.0 Å². The van der Waals surface area contributed by atoms with Crippen molar-refractivity contribution in [3.8, 4) is 6.07 Å². The first-order valence-electron chi connectivity index (χ1n) is 5.25. The van der Waals surface area contributed by atoms with Gasteiger partial charge in [-0.15, -0.1) is 0 Å². The number of hydrogen-bond donors (Lipinski definition) is 1. The van der Waals surface area contributed by atoms with Gasteiger partial charge in [-0.2, -0.15) is 5.26 Å². The molecule has 0 radical (unpaired) electrons. The van der Waals surface area contributed by atoms with E-state index < -0.39 is 0 Å². The normalized spacial score (nSPS) is 12.2. The van der Waals surface area contributed by atoms with Crippen molar-refractivity contribution in [1.82, 2.24) is 4.98 Å². The first-order valence-corrected chi connectivity index (χ1v) is 5.25. The number of nitrogens with one attached hydrogen (secondary N) is 1. The minimum Gasteiger partial charge on any atom is -0.368 e. The summed E-state index contributed by atoms with van der Waals surface area (Å²) in [4.78, 5) is 4.17. The molecule has 1 aromatic rings. The average molecular weight is 203 g/mol. The Labute approximate surface area is 91.1 Å². The molecule has 15 heavy (non-hydrogen) atoms. The minimum atomic E-state index is 0.381. The van der Waals surface area contributed by atoms with Gasteiger partial charge in [-0.3, -0.25) is 0 Å². The van der Waals surface area contributed by atoms with Crippen LogP contribution in [0.2, 0.25) is 0 Å². The molecule has 0 aliphatic rings. The van der Waals surface area contributed by atoms with Gasteiger partial charge in [-0.05, 0) is 31.4 Å². The quantitative estimate of drug-likeness (QED) is 0.818. The number of anilines is 1. The smallest absolute Gasteiger partial charge is 0.142 e. The van der Waals surface area contributed by atoms with Gasteiger partial charge in [0.15, 0.2) is 0 Å². The van der Waals surface area contributed by atoms with E-state index in [-0.39, 0.29) is 0 Å². The van der Waals surface area contributed by atoms with Crippen LogP contribution in [0.5, 0.6) is 0 Å². The van der Waals surface area contributed by atoms with Crippen LogP contribution >= 0.6 is 0 Å². The van der Waals surface area contributed by atoms with Gasteiger partial charge < -0.3 is 5.32 Å². The Bertz CT molecular complexity index is 352. The van der Waals surface area contributed by atoms with Crippen LogP contribution in [-0.2, 0) is 0 Å². The number of aromatic nitrogens is 1. The first-order chi connectivity index (χ1) is 7.11. The minimum absolute atomic E-state index is 0.381. The van der Waals surface area contributed by atoms with Crippen molar-refractivity contribution >= 4 is 5.82 Å². The van der Waals surface area contributed by atoms with Crippen molar-refractivity contribution in [2.24, 2.45) is 5.92 Å². The van der Waals surface area contributed by atoms with Gasteiger partial charge in [-0.1, -0.05) is 19.9 Å². The van der Waals surface area contributed by atoms with Crippen LogP contribution in [0.1, 0.15) is 32.9 Å². The molecule has 0 aliphatic heterocycles. The molecule has 1 unspecified atom stereocenters. The van der Waals surface area contributed by atoms with Crippen molar-refractivity contribution in [3.05, 3.63) is 23.9 Å². The maximum absolute atomic E-state index is 8.70. The summed E-state index contributed by atoms with van der Waals surface area (Å²) in [6.45, 7) is 6.51. The molecule has 3 nitrogen and oxygen atoms in total. The third-order valence-electron chi connectivity index (χ3n) is 2.08. The molecule has 0 aliphatic carbocycles. The van der Waals surface area contributed by atoms with Crippen molar-refractivity contribution in [2.45, 2.75) is 33.2 Å². The van der Waals surface area contributed by atoms with Gasteiger partial charge in [0, 0.05) is 6.04 Å². The Morgan fingerprint density at radius 2 is 2.13 bits per heavy atom. The van der Waals surface area contributed by atoms with Crippen molar-refractivity contribution < 1.29 is 0 Å². The lowest BCUT2D eigenvalue weighted by atomic mass is 10.1. The molecular weight excluding hydrogens is 186 g/mol. The molecule has 0 spiro atoms. The highest BCUT2D eigenvalue weighted by atomic mass is 15.0. The van der Waals surface area contributed by atoms with E-state index in [4.69, 9.17) is 5.26 Å². The molecule has 80 valence electrons. The van der Waals surface area contributed by atoms with Gasteiger partial charge in [0.25, 0.3) is 0 Å². The lowest BCUT2D eigenvalue weighted by molar-refractivity contribution is 0.539. The summed E-state index contributed by atoms with van der Waals surface area (Å²) in [7, 11) is 0. The summed E-state index contributed by atoms with van der Waals surface area (Å²) in [5.41, 5.74) is 0.455. The van der Waals surface area contributed by atoms with Crippen LogP contribution in [0.3, 0.4) is 0 Å². The van der Waals surface area contributed by atoms with Crippen molar-refractivity contribution in [1.29, 1.82) is 5.26 Å². The summed E-state index contributed by atoms with van der Waals surface area (Å²) >= 11 is 0. The topological polar surface area (TPSA) is 48.7 Å². The monoisotopic (exact) mass is 203 g/mol. The molecule has 0 saturated heterocycles. The molecule has 0 amide bonds. The fourth-order valence-corrected chi connectivity index (χ4v) is 1.60. The maximum atomic E-state index is 8.70. The third-order valence-corrected chi connectivity index (χ3v) is 2.08. The van der Waals surface area contributed by atoms with Crippen molar-refractivity contribution in [2.75, 3.05) is 5.32 Å². The van der Waals surface area contributed by atoms with E-state index in [9.17, 15) is 0 Å². The fourth-order valence-electron chi connectivity index (χ4n) is 1.60. The molecule has 0 saturated carbocycles. The van der Waals surface area contributed by atoms with E-state index in [1.807, 2.05) is 18.2 Å². The predicted molar refractivity (Wildman–Crippen MR) is 61.5 cm³/mol. The van der Waals surface area contributed by atoms with Crippen LogP contribution in [0.4, 0.5) is 5.82 Å². The summed E-state index contributed by atoms with van der Waals surface area (Å²) in [6.07, 6.45) is 1.10. The van der Waals surface area contributed by atoms with Gasteiger partial charge >= 0.3 is 0 Å². The van der Waals surface area contributed by atoms with Crippen LogP contribution in [0, 0.1) is 17.2 Å². The lowest BCUT2D eigenvalue weighted by Gasteiger charge is -2.16. The maximum Gasteiger partial charge on any atom is 0.142 e. The number of pyridine rings is 1. The lowest BCUT2D eigenvalue weighted by Crippen LogP contribution is -2.18. The number of hydrogen-bond acceptors (Lipinski definition) is 3. The highest BCUT2D eigenvalue weighted by molar-refractivity contribution is 5.39. The molecular formula is C12H17N3. The zero-order valence-corrected chi connectivity index (χ0v) is 9.49. The molecule has 1 heterocycles. The summed E-state index contributed by atoms with van der Waals surface area (Å²) in [5.74, 6) is 1.44. The number of nitriles is 1. The number of nitrogens with zero attached hydrogens (tertiary/aromatic N) is 2.